The number of halogens is 2. The third-order valence-electron chi connectivity index (χ3n) is 4.49. The number of benzene rings is 3. The highest BCUT2D eigenvalue weighted by Gasteiger charge is 2.26. The molecule has 0 saturated heterocycles. The van der Waals surface area contributed by atoms with E-state index in [0.29, 0.717) is 22.9 Å². The maximum atomic E-state index is 13.5. The molecule has 152 valence electrons. The number of rotatable bonds is 8. The summed E-state index contributed by atoms with van der Waals surface area (Å²) >= 11 is 6.23. The quantitative estimate of drug-likeness (QED) is 0.495. The van der Waals surface area contributed by atoms with Crippen molar-refractivity contribution in [2.75, 3.05) is 7.11 Å². The molecule has 0 fully saturated rings. The van der Waals surface area contributed by atoms with Gasteiger partial charge in [0.1, 0.15) is 23.1 Å². The summed E-state index contributed by atoms with van der Waals surface area (Å²) in [4.78, 5) is 0. The minimum atomic E-state index is -0.700. The fourth-order valence-electron chi connectivity index (χ4n) is 2.88. The third-order valence-corrected chi connectivity index (χ3v) is 4.80. The van der Waals surface area contributed by atoms with Crippen LogP contribution in [-0.2, 0) is 11.3 Å². The van der Waals surface area contributed by atoms with Crippen LogP contribution in [0, 0.1) is 5.82 Å². The molecular weight excluding hydrogens is 395 g/mol. The Balaban J connectivity index is 1.81. The second-order valence-corrected chi connectivity index (χ2v) is 6.94. The van der Waals surface area contributed by atoms with Crippen molar-refractivity contribution in [2.45, 2.75) is 25.7 Å². The molecule has 0 saturated carbocycles. The molecule has 0 radical (unpaired) electrons. The Labute approximate surface area is 174 Å². The van der Waals surface area contributed by atoms with Crippen LogP contribution < -0.4 is 9.47 Å². The summed E-state index contributed by atoms with van der Waals surface area (Å²) in [5.74, 6) is 0.470. The topological polar surface area (TPSA) is 47.9 Å². The number of methoxy groups -OCH3 is 1. The van der Waals surface area contributed by atoms with E-state index in [4.69, 9.17) is 25.8 Å². The standard InChI is InChI=1S/C23H22ClFO4/c1-15(28-14-16-7-10-18(27-2)11-8-16)23(19-12-9-17(25)13-21(19)26)29-22-6-4-3-5-20(22)24/h3-13,15,23,26H,14H2,1-2H3. The normalized spacial score (nSPS) is 13.0. The van der Waals surface area contributed by atoms with E-state index in [1.54, 1.807) is 31.4 Å². The zero-order chi connectivity index (χ0) is 20.8. The molecule has 3 aromatic carbocycles. The summed E-state index contributed by atoms with van der Waals surface area (Å²) in [6, 6.07) is 18.4. The molecule has 6 heteroatoms. The molecule has 3 rings (SSSR count). The molecule has 0 aliphatic carbocycles. The number of phenols is 1. The molecule has 0 aliphatic rings. The Hall–Kier alpha value is -2.76. The van der Waals surface area contributed by atoms with Gasteiger partial charge in [0.25, 0.3) is 0 Å². The molecule has 4 nitrogen and oxygen atoms in total. The minimum absolute atomic E-state index is 0.207. The van der Waals surface area contributed by atoms with Crippen molar-refractivity contribution in [1.29, 1.82) is 0 Å². The van der Waals surface area contributed by atoms with Crippen LogP contribution in [0.3, 0.4) is 0 Å². The van der Waals surface area contributed by atoms with Crippen LogP contribution >= 0.6 is 11.6 Å². The summed E-state index contributed by atoms with van der Waals surface area (Å²) in [5, 5.41) is 10.7. The summed E-state index contributed by atoms with van der Waals surface area (Å²) in [6.45, 7) is 2.16. The number of aromatic hydroxyl groups is 1. The first-order chi connectivity index (χ1) is 14.0. The molecule has 2 unspecified atom stereocenters. The number of hydrogen-bond acceptors (Lipinski definition) is 4. The van der Waals surface area contributed by atoms with Crippen molar-refractivity contribution >= 4 is 11.6 Å². The van der Waals surface area contributed by atoms with E-state index in [1.165, 1.54) is 12.1 Å². The van der Waals surface area contributed by atoms with Gasteiger partial charge in [-0.2, -0.15) is 0 Å². The molecule has 3 aromatic rings. The maximum Gasteiger partial charge on any atom is 0.153 e. The first kappa shape index (κ1) is 21.0. The fourth-order valence-corrected chi connectivity index (χ4v) is 3.06. The number of phenolic OH excluding ortho intramolecular Hbond substituents is 1. The van der Waals surface area contributed by atoms with Crippen molar-refractivity contribution in [3.63, 3.8) is 0 Å². The second-order valence-electron chi connectivity index (χ2n) is 6.54. The van der Waals surface area contributed by atoms with Gasteiger partial charge < -0.3 is 19.3 Å². The minimum Gasteiger partial charge on any atom is -0.507 e. The largest absolute Gasteiger partial charge is 0.507 e. The zero-order valence-electron chi connectivity index (χ0n) is 16.1. The smallest absolute Gasteiger partial charge is 0.153 e. The summed E-state index contributed by atoms with van der Waals surface area (Å²) in [5.41, 5.74) is 1.37. The van der Waals surface area contributed by atoms with E-state index in [2.05, 4.69) is 0 Å². The van der Waals surface area contributed by atoms with Gasteiger partial charge >= 0.3 is 0 Å². The van der Waals surface area contributed by atoms with Crippen molar-refractivity contribution in [1.82, 2.24) is 0 Å². The van der Waals surface area contributed by atoms with E-state index in [9.17, 15) is 9.50 Å². The van der Waals surface area contributed by atoms with Crippen LogP contribution in [-0.4, -0.2) is 18.3 Å². The number of ether oxygens (including phenoxy) is 3. The van der Waals surface area contributed by atoms with Crippen LogP contribution in [0.15, 0.2) is 66.7 Å². The molecule has 1 N–H and O–H groups in total. The van der Waals surface area contributed by atoms with E-state index in [1.807, 2.05) is 31.2 Å². The Morgan fingerprint density at radius 3 is 2.41 bits per heavy atom. The molecule has 0 bridgehead atoms. The van der Waals surface area contributed by atoms with Crippen LogP contribution in [0.1, 0.15) is 24.2 Å². The molecular formula is C23H22ClFO4. The van der Waals surface area contributed by atoms with Gasteiger partial charge in [-0.1, -0.05) is 35.9 Å². The van der Waals surface area contributed by atoms with Crippen LogP contribution in [0.5, 0.6) is 17.2 Å². The first-order valence-electron chi connectivity index (χ1n) is 9.12. The van der Waals surface area contributed by atoms with E-state index in [-0.39, 0.29) is 5.75 Å². The van der Waals surface area contributed by atoms with Gasteiger partial charge in [0, 0.05) is 11.6 Å². The fraction of sp³-hybridized carbons (Fsp3) is 0.217. The second kappa shape index (κ2) is 9.63. The highest BCUT2D eigenvalue weighted by molar-refractivity contribution is 6.32. The Morgan fingerprint density at radius 1 is 1.03 bits per heavy atom. The molecule has 0 aliphatic heterocycles. The lowest BCUT2D eigenvalue weighted by Crippen LogP contribution is -2.24. The van der Waals surface area contributed by atoms with Gasteiger partial charge in [-0.05, 0) is 48.9 Å². The average Bonchev–Trinajstić information content (AvgIpc) is 2.72. The highest BCUT2D eigenvalue weighted by atomic mass is 35.5. The van der Waals surface area contributed by atoms with Crippen molar-refractivity contribution in [3.8, 4) is 17.2 Å². The van der Waals surface area contributed by atoms with Gasteiger partial charge in [0.15, 0.2) is 6.10 Å². The van der Waals surface area contributed by atoms with E-state index < -0.39 is 18.0 Å². The van der Waals surface area contributed by atoms with Crippen molar-refractivity contribution in [3.05, 3.63) is 88.7 Å². The molecule has 0 amide bonds. The predicted octanol–water partition coefficient (Wildman–Crippen LogP) is 5.92. The first-order valence-corrected chi connectivity index (χ1v) is 9.50. The van der Waals surface area contributed by atoms with Crippen LogP contribution in [0.25, 0.3) is 0 Å². The van der Waals surface area contributed by atoms with Gasteiger partial charge in [-0.3, -0.25) is 0 Å². The molecule has 29 heavy (non-hydrogen) atoms. The lowest BCUT2D eigenvalue weighted by atomic mass is 10.0. The number of para-hydroxylation sites is 1. The summed E-state index contributed by atoms with van der Waals surface area (Å²) in [7, 11) is 1.61. The van der Waals surface area contributed by atoms with E-state index in [0.717, 1.165) is 17.4 Å². The third kappa shape index (κ3) is 5.40. The summed E-state index contributed by atoms with van der Waals surface area (Å²) < 4.78 is 30.7. The predicted molar refractivity (Wildman–Crippen MR) is 110 cm³/mol. The maximum absolute atomic E-state index is 13.5. The van der Waals surface area contributed by atoms with Gasteiger partial charge in [0.05, 0.1) is 24.8 Å². The van der Waals surface area contributed by atoms with Crippen molar-refractivity contribution in [2.24, 2.45) is 0 Å². The molecule has 0 spiro atoms. The Bertz CT molecular complexity index is 946. The Morgan fingerprint density at radius 2 is 1.76 bits per heavy atom. The lowest BCUT2D eigenvalue weighted by molar-refractivity contribution is -0.0259. The zero-order valence-corrected chi connectivity index (χ0v) is 16.9. The molecule has 0 heterocycles. The Kier molecular flexibility index (Phi) is 6.96. The van der Waals surface area contributed by atoms with Crippen LogP contribution in [0.2, 0.25) is 5.02 Å². The lowest BCUT2D eigenvalue weighted by Gasteiger charge is -2.27. The van der Waals surface area contributed by atoms with Gasteiger partial charge in [-0.15, -0.1) is 0 Å². The van der Waals surface area contributed by atoms with Crippen LogP contribution in [0.4, 0.5) is 4.39 Å². The molecule has 0 aromatic heterocycles. The number of hydrogen-bond donors (Lipinski definition) is 1. The monoisotopic (exact) mass is 416 g/mol. The molecule has 2 atom stereocenters. The van der Waals surface area contributed by atoms with E-state index >= 15 is 0 Å². The average molecular weight is 417 g/mol. The highest BCUT2D eigenvalue weighted by Crippen LogP contribution is 2.35. The SMILES string of the molecule is COc1ccc(COC(C)C(Oc2ccccc2Cl)c2ccc(F)cc2O)cc1. The van der Waals surface area contributed by atoms with Crippen molar-refractivity contribution < 1.29 is 23.7 Å². The summed E-state index contributed by atoms with van der Waals surface area (Å²) in [6.07, 6.45) is -1.17. The van der Waals surface area contributed by atoms with Gasteiger partial charge in [-0.25, -0.2) is 4.39 Å². The van der Waals surface area contributed by atoms with Gasteiger partial charge in [0.2, 0.25) is 0 Å².